The summed E-state index contributed by atoms with van der Waals surface area (Å²) in [4.78, 5) is 33.5. The van der Waals surface area contributed by atoms with Crippen LogP contribution in [0.3, 0.4) is 0 Å². The highest BCUT2D eigenvalue weighted by molar-refractivity contribution is 5.93. The molecule has 6 heteroatoms. The highest BCUT2D eigenvalue weighted by atomic mass is 16.6. The Morgan fingerprint density at radius 1 is 0.923 bits per heavy atom. The molecule has 0 aromatic heterocycles. The van der Waals surface area contributed by atoms with Gasteiger partial charge in [-0.05, 0) is 29.3 Å². The number of nitro groups is 1. The van der Waals surface area contributed by atoms with Crippen molar-refractivity contribution < 1.29 is 19.2 Å². The van der Waals surface area contributed by atoms with Crippen molar-refractivity contribution in [2.24, 2.45) is 0 Å². The number of non-ortho nitro benzene ring substituents is 1. The van der Waals surface area contributed by atoms with Crippen LogP contribution < -0.4 is 4.74 Å². The number of hydrogen-bond acceptors (Lipinski definition) is 5. The average Bonchev–Trinajstić information content (AvgIpc) is 2.69. The van der Waals surface area contributed by atoms with Crippen molar-refractivity contribution in [3.05, 3.63) is 94.0 Å². The van der Waals surface area contributed by atoms with Gasteiger partial charge in [-0.25, -0.2) is 4.79 Å². The van der Waals surface area contributed by atoms with E-state index in [9.17, 15) is 19.7 Å². The second-order valence-corrected chi connectivity index (χ2v) is 5.43. The minimum absolute atomic E-state index is 0.0252. The first-order chi connectivity index (χ1) is 12.6. The smallest absolute Gasteiger partial charge is 0.343 e. The quantitative estimate of drug-likeness (QED) is 0.226. The molecule has 0 aliphatic carbocycles. The van der Waals surface area contributed by atoms with Crippen LogP contribution >= 0.6 is 0 Å². The third kappa shape index (κ3) is 3.64. The fraction of sp³-hybridized carbons (Fsp3) is 0. The number of rotatable bonds is 5. The minimum Gasteiger partial charge on any atom is -0.422 e. The summed E-state index contributed by atoms with van der Waals surface area (Å²) in [5.74, 6) is -0.677. The molecule has 0 bridgehead atoms. The van der Waals surface area contributed by atoms with Gasteiger partial charge < -0.3 is 4.74 Å². The van der Waals surface area contributed by atoms with Crippen LogP contribution in [0.2, 0.25) is 0 Å². The van der Waals surface area contributed by atoms with Crippen LogP contribution in [0, 0.1) is 10.1 Å². The molecule has 3 aromatic carbocycles. The van der Waals surface area contributed by atoms with E-state index in [0.717, 1.165) is 17.2 Å². The Bertz CT molecular complexity index is 965. The molecule has 0 heterocycles. The summed E-state index contributed by atoms with van der Waals surface area (Å²) in [6.45, 7) is 0. The lowest BCUT2D eigenvalue weighted by atomic mass is 10.0. The molecule has 0 fully saturated rings. The van der Waals surface area contributed by atoms with Crippen LogP contribution in [-0.2, 0) is 0 Å². The maximum Gasteiger partial charge on any atom is 0.343 e. The molecule has 26 heavy (non-hydrogen) atoms. The number of esters is 1. The molecule has 0 atom stereocenters. The van der Waals surface area contributed by atoms with Crippen molar-refractivity contribution >= 4 is 17.9 Å². The monoisotopic (exact) mass is 347 g/mol. The lowest BCUT2D eigenvalue weighted by molar-refractivity contribution is -0.384. The van der Waals surface area contributed by atoms with E-state index in [4.69, 9.17) is 4.74 Å². The lowest BCUT2D eigenvalue weighted by Gasteiger charge is -2.07. The standard InChI is InChI=1S/C20H13NO5/c22-13-17-12-18(21(24)25)10-11-19(17)26-20(23)16-8-6-15(7-9-16)14-4-2-1-3-5-14/h1-13H. The normalized spacial score (nSPS) is 10.2. The van der Waals surface area contributed by atoms with Crippen LogP contribution in [0.15, 0.2) is 72.8 Å². The topological polar surface area (TPSA) is 86.5 Å². The highest BCUT2D eigenvalue weighted by Crippen LogP contribution is 2.24. The Morgan fingerprint density at radius 2 is 1.58 bits per heavy atom. The summed E-state index contributed by atoms with van der Waals surface area (Å²) in [5, 5.41) is 10.8. The van der Waals surface area contributed by atoms with Gasteiger partial charge >= 0.3 is 5.97 Å². The SMILES string of the molecule is O=Cc1cc([N+](=O)[O-])ccc1OC(=O)c1ccc(-c2ccccc2)cc1. The summed E-state index contributed by atoms with van der Waals surface area (Å²) < 4.78 is 5.21. The van der Waals surface area contributed by atoms with E-state index in [2.05, 4.69) is 0 Å². The molecule has 0 amide bonds. The molecule has 6 nitrogen and oxygen atoms in total. The Morgan fingerprint density at radius 3 is 2.19 bits per heavy atom. The van der Waals surface area contributed by atoms with Crippen LogP contribution in [0.4, 0.5) is 5.69 Å². The van der Waals surface area contributed by atoms with E-state index in [1.807, 2.05) is 30.3 Å². The van der Waals surface area contributed by atoms with Crippen molar-refractivity contribution in [1.29, 1.82) is 0 Å². The molecular formula is C20H13NO5. The Hall–Kier alpha value is -3.80. The zero-order valence-electron chi connectivity index (χ0n) is 13.5. The molecule has 0 N–H and O–H groups in total. The molecule has 128 valence electrons. The molecule has 0 saturated carbocycles. The van der Waals surface area contributed by atoms with Crippen LogP contribution in [0.25, 0.3) is 11.1 Å². The first-order valence-electron chi connectivity index (χ1n) is 7.70. The number of ether oxygens (including phenoxy) is 1. The Balaban J connectivity index is 1.80. The van der Waals surface area contributed by atoms with Gasteiger partial charge in [-0.15, -0.1) is 0 Å². The molecule has 3 rings (SSSR count). The number of carbonyl (C=O) groups is 2. The number of hydrogen-bond donors (Lipinski definition) is 0. The summed E-state index contributed by atoms with van der Waals surface area (Å²) >= 11 is 0. The fourth-order valence-corrected chi connectivity index (χ4v) is 2.42. The van der Waals surface area contributed by atoms with Crippen LogP contribution in [0.5, 0.6) is 5.75 Å². The van der Waals surface area contributed by atoms with Crippen LogP contribution in [-0.4, -0.2) is 17.2 Å². The number of nitro benzene ring substituents is 1. The van der Waals surface area contributed by atoms with Gasteiger partial charge in [-0.1, -0.05) is 42.5 Å². The molecular weight excluding hydrogens is 334 g/mol. The van der Waals surface area contributed by atoms with Gasteiger partial charge in [0.1, 0.15) is 5.75 Å². The third-order valence-electron chi connectivity index (χ3n) is 3.76. The van der Waals surface area contributed by atoms with E-state index >= 15 is 0 Å². The largest absolute Gasteiger partial charge is 0.422 e. The van der Waals surface area contributed by atoms with Gasteiger partial charge in [-0.3, -0.25) is 14.9 Å². The van der Waals surface area contributed by atoms with Gasteiger partial charge in [0.2, 0.25) is 0 Å². The van der Waals surface area contributed by atoms with Crippen molar-refractivity contribution in [2.45, 2.75) is 0 Å². The Kier molecular flexibility index (Phi) is 4.85. The summed E-state index contributed by atoms with van der Waals surface area (Å²) in [6, 6.07) is 20.0. The van der Waals surface area contributed by atoms with Gasteiger partial charge in [0.05, 0.1) is 16.1 Å². The molecule has 0 aliphatic heterocycles. The second-order valence-electron chi connectivity index (χ2n) is 5.43. The number of benzene rings is 3. The third-order valence-corrected chi connectivity index (χ3v) is 3.76. The number of aldehydes is 1. The predicted octanol–water partition coefficient (Wildman–Crippen LogP) is 4.29. The van der Waals surface area contributed by atoms with Crippen LogP contribution in [0.1, 0.15) is 20.7 Å². The summed E-state index contributed by atoms with van der Waals surface area (Å²) in [5.41, 5.74) is 1.96. The zero-order chi connectivity index (χ0) is 18.5. The number of nitrogens with zero attached hydrogens (tertiary/aromatic N) is 1. The number of carbonyl (C=O) groups excluding carboxylic acids is 2. The van der Waals surface area contributed by atoms with E-state index in [0.29, 0.717) is 11.8 Å². The van der Waals surface area contributed by atoms with Crippen molar-refractivity contribution in [3.63, 3.8) is 0 Å². The molecule has 0 saturated heterocycles. The van der Waals surface area contributed by atoms with E-state index < -0.39 is 10.9 Å². The maximum atomic E-state index is 12.3. The minimum atomic E-state index is -0.651. The van der Waals surface area contributed by atoms with Crippen molar-refractivity contribution in [3.8, 4) is 16.9 Å². The van der Waals surface area contributed by atoms with Gasteiger partial charge in [-0.2, -0.15) is 0 Å². The molecule has 3 aromatic rings. The zero-order valence-corrected chi connectivity index (χ0v) is 13.5. The summed E-state index contributed by atoms with van der Waals surface area (Å²) in [7, 11) is 0. The van der Waals surface area contributed by atoms with Gasteiger partial charge in [0.15, 0.2) is 6.29 Å². The maximum absolute atomic E-state index is 12.3. The molecule has 0 radical (unpaired) electrons. The first kappa shape index (κ1) is 17.0. The first-order valence-corrected chi connectivity index (χ1v) is 7.70. The Labute approximate surface area is 148 Å². The highest BCUT2D eigenvalue weighted by Gasteiger charge is 2.15. The van der Waals surface area contributed by atoms with Crippen molar-refractivity contribution in [2.75, 3.05) is 0 Å². The van der Waals surface area contributed by atoms with E-state index in [1.54, 1.807) is 24.3 Å². The van der Waals surface area contributed by atoms with E-state index in [1.165, 1.54) is 12.1 Å². The fourth-order valence-electron chi connectivity index (χ4n) is 2.42. The van der Waals surface area contributed by atoms with E-state index in [-0.39, 0.29) is 17.0 Å². The van der Waals surface area contributed by atoms with Gasteiger partial charge in [0.25, 0.3) is 5.69 Å². The molecule has 0 aliphatic rings. The molecule has 0 spiro atoms. The lowest BCUT2D eigenvalue weighted by Crippen LogP contribution is -2.10. The molecule has 0 unspecified atom stereocenters. The predicted molar refractivity (Wildman–Crippen MR) is 95.3 cm³/mol. The van der Waals surface area contributed by atoms with Gasteiger partial charge in [0, 0.05) is 12.1 Å². The summed E-state index contributed by atoms with van der Waals surface area (Å²) in [6.07, 6.45) is 0.411. The second kappa shape index (κ2) is 7.40. The van der Waals surface area contributed by atoms with Crippen molar-refractivity contribution in [1.82, 2.24) is 0 Å². The average molecular weight is 347 g/mol.